The molecule has 0 bridgehead atoms. The van der Waals surface area contributed by atoms with Crippen LogP contribution in [0, 0.1) is 40.9 Å². The molecule has 4 nitrogen and oxygen atoms in total. The van der Waals surface area contributed by atoms with Crippen molar-refractivity contribution in [2.45, 2.75) is 70.2 Å². The summed E-state index contributed by atoms with van der Waals surface area (Å²) in [5, 5.41) is 31.9. The van der Waals surface area contributed by atoms with Gasteiger partial charge in [0.2, 0.25) is 0 Å². The number of terminal acetylenes is 1. The first-order valence-corrected chi connectivity index (χ1v) is 9.48. The topological polar surface area (TPSA) is 77.8 Å². The summed E-state index contributed by atoms with van der Waals surface area (Å²) in [6, 6.07) is 0. The standard InChI is InChI=1S/C21H28O4/c1-4-21(25)17(23)11-15-12-5-6-14-18(24)16(22)8-9-19(14,2)13(12)7-10-20(15,21)3/h1,6,12-13,15,17-18,23-25H,5,7-11H2,2-3H3/t12-,13+,15+,17-,18+,19-,20+,21+/m1/s1. The molecule has 0 heterocycles. The molecule has 0 aromatic heterocycles. The fourth-order valence-corrected chi connectivity index (χ4v) is 6.85. The van der Waals surface area contributed by atoms with Crippen LogP contribution in [-0.4, -0.2) is 38.9 Å². The first kappa shape index (κ1) is 17.3. The van der Waals surface area contributed by atoms with E-state index in [9.17, 15) is 20.1 Å². The fraction of sp³-hybridized carbons (Fsp3) is 0.762. The summed E-state index contributed by atoms with van der Waals surface area (Å²) in [6.07, 6.45) is 10.1. The Morgan fingerprint density at radius 3 is 2.64 bits per heavy atom. The summed E-state index contributed by atoms with van der Waals surface area (Å²) in [5.74, 6) is 3.29. The zero-order chi connectivity index (χ0) is 18.2. The van der Waals surface area contributed by atoms with E-state index in [0.29, 0.717) is 24.7 Å². The third kappa shape index (κ3) is 1.92. The zero-order valence-corrected chi connectivity index (χ0v) is 15.0. The molecule has 4 aliphatic carbocycles. The fourth-order valence-electron chi connectivity index (χ4n) is 6.85. The first-order valence-electron chi connectivity index (χ1n) is 9.48. The van der Waals surface area contributed by atoms with Gasteiger partial charge in [0.05, 0.1) is 6.10 Å². The lowest BCUT2D eigenvalue weighted by Crippen LogP contribution is -2.56. The van der Waals surface area contributed by atoms with Crippen molar-refractivity contribution >= 4 is 5.78 Å². The molecular weight excluding hydrogens is 316 g/mol. The highest BCUT2D eigenvalue weighted by Gasteiger charge is 2.67. The molecule has 4 aliphatic rings. The van der Waals surface area contributed by atoms with E-state index >= 15 is 0 Å². The van der Waals surface area contributed by atoms with E-state index in [2.05, 4.69) is 18.9 Å². The molecule has 3 saturated carbocycles. The maximum Gasteiger partial charge on any atom is 0.165 e. The third-order valence-corrected chi connectivity index (χ3v) is 8.45. The Kier molecular flexibility index (Phi) is 3.59. The number of carbonyl (C=O) groups is 1. The van der Waals surface area contributed by atoms with Crippen LogP contribution in [0.3, 0.4) is 0 Å². The maximum absolute atomic E-state index is 12.0. The molecule has 3 N–H and O–H groups in total. The molecule has 0 aliphatic heterocycles. The van der Waals surface area contributed by atoms with E-state index in [4.69, 9.17) is 6.42 Å². The summed E-state index contributed by atoms with van der Waals surface area (Å²) >= 11 is 0. The second-order valence-corrected chi connectivity index (χ2v) is 9.18. The van der Waals surface area contributed by atoms with Crippen molar-refractivity contribution < 1.29 is 20.1 Å². The van der Waals surface area contributed by atoms with Gasteiger partial charge in [-0.3, -0.25) is 4.79 Å². The van der Waals surface area contributed by atoms with E-state index < -0.39 is 23.2 Å². The average Bonchev–Trinajstić information content (AvgIpc) is 2.79. The van der Waals surface area contributed by atoms with Crippen molar-refractivity contribution in [3.8, 4) is 12.3 Å². The Morgan fingerprint density at radius 2 is 1.96 bits per heavy atom. The van der Waals surface area contributed by atoms with Crippen LogP contribution in [0.1, 0.15) is 52.4 Å². The highest BCUT2D eigenvalue weighted by Crippen LogP contribution is 2.66. The second-order valence-electron chi connectivity index (χ2n) is 9.18. The minimum Gasteiger partial charge on any atom is -0.389 e. The van der Waals surface area contributed by atoms with E-state index in [1.807, 2.05) is 6.92 Å². The van der Waals surface area contributed by atoms with Gasteiger partial charge in [-0.2, -0.15) is 0 Å². The quantitative estimate of drug-likeness (QED) is 0.463. The van der Waals surface area contributed by atoms with Gasteiger partial charge in [-0.1, -0.05) is 25.8 Å². The summed E-state index contributed by atoms with van der Waals surface area (Å²) in [5.41, 5.74) is -1.21. The molecule has 0 amide bonds. The Bertz CT molecular complexity index is 690. The van der Waals surface area contributed by atoms with Crippen LogP contribution in [0.15, 0.2) is 11.6 Å². The Labute approximate surface area is 149 Å². The highest BCUT2D eigenvalue weighted by molar-refractivity contribution is 5.87. The van der Waals surface area contributed by atoms with Crippen molar-refractivity contribution in [1.82, 2.24) is 0 Å². The summed E-state index contributed by atoms with van der Waals surface area (Å²) in [6.45, 7) is 4.22. The predicted molar refractivity (Wildman–Crippen MR) is 93.3 cm³/mol. The van der Waals surface area contributed by atoms with Crippen molar-refractivity contribution in [2.75, 3.05) is 0 Å². The van der Waals surface area contributed by atoms with Crippen LogP contribution in [0.4, 0.5) is 0 Å². The molecular formula is C21H28O4. The highest BCUT2D eigenvalue weighted by atomic mass is 16.3. The van der Waals surface area contributed by atoms with Crippen molar-refractivity contribution in [2.24, 2.45) is 28.6 Å². The number of ketones is 1. The zero-order valence-electron chi connectivity index (χ0n) is 15.0. The molecule has 0 radical (unpaired) electrons. The van der Waals surface area contributed by atoms with Crippen molar-refractivity contribution in [3.63, 3.8) is 0 Å². The summed E-state index contributed by atoms with van der Waals surface area (Å²) in [4.78, 5) is 12.0. The number of hydrogen-bond donors (Lipinski definition) is 3. The number of rotatable bonds is 0. The van der Waals surface area contributed by atoms with E-state index in [1.54, 1.807) is 0 Å². The van der Waals surface area contributed by atoms with Gasteiger partial charge in [0, 0.05) is 11.8 Å². The Balaban J connectivity index is 1.74. The lowest BCUT2D eigenvalue weighted by molar-refractivity contribution is -0.135. The normalized spacial score (nSPS) is 54.8. The minimum absolute atomic E-state index is 0.0687. The largest absolute Gasteiger partial charge is 0.389 e. The number of carbonyl (C=O) groups excluding carboxylic acids is 1. The predicted octanol–water partition coefficient (Wildman–Crippen LogP) is 1.82. The molecule has 4 heteroatoms. The van der Waals surface area contributed by atoms with Gasteiger partial charge in [-0.25, -0.2) is 0 Å². The monoisotopic (exact) mass is 344 g/mol. The average molecular weight is 344 g/mol. The molecule has 0 spiro atoms. The van der Waals surface area contributed by atoms with Gasteiger partial charge < -0.3 is 15.3 Å². The van der Waals surface area contributed by atoms with Crippen LogP contribution >= 0.6 is 0 Å². The Hall–Kier alpha value is -1.15. The van der Waals surface area contributed by atoms with Crippen LogP contribution in [0.5, 0.6) is 0 Å². The van der Waals surface area contributed by atoms with Gasteiger partial charge in [-0.15, -0.1) is 6.42 Å². The molecule has 4 rings (SSSR count). The second kappa shape index (κ2) is 5.19. The SMILES string of the molecule is C#C[C@]1(O)[C@H](O)C[C@H]2[C@@H]3CC=C4[C@H](O)C(=O)CC[C@]4(C)[C@H]3CC[C@@]21C. The summed E-state index contributed by atoms with van der Waals surface area (Å²) < 4.78 is 0. The van der Waals surface area contributed by atoms with Crippen LogP contribution in [0.2, 0.25) is 0 Å². The van der Waals surface area contributed by atoms with Gasteiger partial charge in [0.25, 0.3) is 0 Å². The first-order chi connectivity index (χ1) is 11.7. The van der Waals surface area contributed by atoms with Gasteiger partial charge in [-0.05, 0) is 60.8 Å². The molecule has 136 valence electrons. The van der Waals surface area contributed by atoms with Gasteiger partial charge >= 0.3 is 0 Å². The number of aliphatic hydroxyl groups excluding tert-OH is 2. The van der Waals surface area contributed by atoms with Crippen LogP contribution in [-0.2, 0) is 4.79 Å². The number of fused-ring (bicyclic) bond motifs is 5. The lowest BCUT2D eigenvalue weighted by Gasteiger charge is -2.58. The van der Waals surface area contributed by atoms with Crippen LogP contribution < -0.4 is 0 Å². The maximum atomic E-state index is 12.0. The minimum atomic E-state index is -1.46. The number of Topliss-reactive ketones (excluding diaryl/α,β-unsaturated/α-hetero) is 1. The molecule has 3 fully saturated rings. The Morgan fingerprint density at radius 1 is 1.24 bits per heavy atom. The number of aliphatic hydroxyl groups is 3. The van der Waals surface area contributed by atoms with Gasteiger partial charge in [0.1, 0.15) is 6.10 Å². The molecule has 0 aromatic rings. The van der Waals surface area contributed by atoms with Crippen LogP contribution in [0.25, 0.3) is 0 Å². The van der Waals surface area contributed by atoms with E-state index in [1.165, 1.54) is 0 Å². The molecule has 25 heavy (non-hydrogen) atoms. The number of allylic oxidation sites excluding steroid dienone is 1. The lowest BCUT2D eigenvalue weighted by atomic mass is 9.47. The van der Waals surface area contributed by atoms with Gasteiger partial charge in [0.15, 0.2) is 11.4 Å². The van der Waals surface area contributed by atoms with E-state index in [-0.39, 0.29) is 17.1 Å². The number of hydrogen-bond acceptors (Lipinski definition) is 4. The molecule has 8 atom stereocenters. The summed E-state index contributed by atoms with van der Waals surface area (Å²) in [7, 11) is 0. The smallest absolute Gasteiger partial charge is 0.165 e. The third-order valence-electron chi connectivity index (χ3n) is 8.45. The van der Waals surface area contributed by atoms with E-state index in [0.717, 1.165) is 31.3 Å². The molecule has 0 unspecified atom stereocenters. The molecule has 0 saturated heterocycles. The van der Waals surface area contributed by atoms with Crippen molar-refractivity contribution in [3.05, 3.63) is 11.6 Å². The van der Waals surface area contributed by atoms with Crippen molar-refractivity contribution in [1.29, 1.82) is 0 Å². The molecule has 0 aromatic carbocycles.